The number of halogens is 1. The van der Waals surface area contributed by atoms with Gasteiger partial charge in [-0.05, 0) is 17.7 Å². The van der Waals surface area contributed by atoms with Crippen LogP contribution in [0.15, 0.2) is 24.4 Å². The molecule has 0 amide bonds. The zero-order chi connectivity index (χ0) is 13.1. The monoisotopic (exact) mass is 264 g/mol. The van der Waals surface area contributed by atoms with E-state index in [4.69, 9.17) is 11.6 Å². The summed E-state index contributed by atoms with van der Waals surface area (Å²) in [6.45, 7) is 4.99. The molecule has 2 rings (SSSR count). The number of rotatable bonds is 4. The molecule has 0 aliphatic rings. The summed E-state index contributed by atoms with van der Waals surface area (Å²) in [7, 11) is 1.88. The lowest BCUT2D eigenvalue weighted by atomic mass is 10.1. The summed E-state index contributed by atoms with van der Waals surface area (Å²) in [5, 5.41) is 12.0. The highest BCUT2D eigenvalue weighted by molar-refractivity contribution is 6.31. The van der Waals surface area contributed by atoms with Crippen molar-refractivity contribution in [1.29, 1.82) is 0 Å². The molecule has 0 saturated heterocycles. The second-order valence-corrected chi connectivity index (χ2v) is 4.99. The Bertz CT molecular complexity index is 534. The van der Waals surface area contributed by atoms with E-state index in [0.717, 1.165) is 28.4 Å². The fourth-order valence-electron chi connectivity index (χ4n) is 1.73. The number of nitrogens with zero attached hydrogens (tertiary/aromatic N) is 3. The van der Waals surface area contributed by atoms with Crippen LogP contribution in [0, 0.1) is 0 Å². The number of benzene rings is 1. The van der Waals surface area contributed by atoms with Crippen LogP contribution >= 0.6 is 11.6 Å². The van der Waals surface area contributed by atoms with Gasteiger partial charge in [0.2, 0.25) is 0 Å². The Labute approximate surface area is 112 Å². The Kier molecular flexibility index (Phi) is 3.99. The Morgan fingerprint density at radius 2 is 2.17 bits per heavy atom. The van der Waals surface area contributed by atoms with Crippen molar-refractivity contribution < 1.29 is 0 Å². The largest absolute Gasteiger partial charge is 0.310 e. The zero-order valence-electron chi connectivity index (χ0n) is 10.8. The maximum absolute atomic E-state index is 6.20. The molecule has 0 aliphatic heterocycles. The minimum absolute atomic E-state index is 0.433. The van der Waals surface area contributed by atoms with Crippen LogP contribution in [-0.2, 0) is 13.6 Å². The summed E-state index contributed by atoms with van der Waals surface area (Å²) in [5.74, 6) is 0. The average Bonchev–Trinajstić information content (AvgIpc) is 2.74. The summed E-state index contributed by atoms with van der Waals surface area (Å²) in [6, 6.07) is 6.42. The molecule has 1 aromatic heterocycles. The van der Waals surface area contributed by atoms with Gasteiger partial charge in [-0.1, -0.05) is 36.7 Å². The molecule has 0 atom stereocenters. The third-order valence-corrected chi connectivity index (χ3v) is 3.13. The van der Waals surface area contributed by atoms with Crippen LogP contribution < -0.4 is 5.32 Å². The molecule has 1 heterocycles. The highest BCUT2D eigenvalue weighted by Gasteiger charge is 2.07. The first kappa shape index (κ1) is 13.1. The Balaban J connectivity index is 2.29. The van der Waals surface area contributed by atoms with E-state index in [1.807, 2.05) is 19.2 Å². The van der Waals surface area contributed by atoms with Gasteiger partial charge >= 0.3 is 0 Å². The van der Waals surface area contributed by atoms with Gasteiger partial charge in [-0.15, -0.1) is 5.10 Å². The standard InChI is InChI=1S/C13H17ClN4/c1-9(2)15-7-11-6-10(4-5-12(11)14)13-8-16-17-18(13)3/h4-6,8-9,15H,7H2,1-3H3. The highest BCUT2D eigenvalue weighted by Crippen LogP contribution is 2.24. The van der Waals surface area contributed by atoms with Crippen molar-refractivity contribution in [1.82, 2.24) is 20.3 Å². The molecule has 2 aromatic rings. The molecule has 0 bridgehead atoms. The van der Waals surface area contributed by atoms with Crippen LogP contribution in [0.4, 0.5) is 0 Å². The molecule has 1 N–H and O–H groups in total. The van der Waals surface area contributed by atoms with Gasteiger partial charge in [-0.25, -0.2) is 4.68 Å². The lowest BCUT2D eigenvalue weighted by Crippen LogP contribution is -2.22. The van der Waals surface area contributed by atoms with E-state index in [1.54, 1.807) is 10.9 Å². The molecule has 96 valence electrons. The highest BCUT2D eigenvalue weighted by atomic mass is 35.5. The predicted octanol–water partition coefficient (Wildman–Crippen LogP) is 2.63. The van der Waals surface area contributed by atoms with Gasteiger partial charge in [-0.2, -0.15) is 0 Å². The predicted molar refractivity (Wildman–Crippen MR) is 73.4 cm³/mol. The quantitative estimate of drug-likeness (QED) is 0.923. The SMILES string of the molecule is CC(C)NCc1cc(-c2cnnn2C)ccc1Cl. The molecule has 0 spiro atoms. The lowest BCUT2D eigenvalue weighted by molar-refractivity contribution is 0.589. The summed E-state index contributed by atoms with van der Waals surface area (Å²) in [6.07, 6.45) is 1.75. The molecule has 1 aromatic carbocycles. The van der Waals surface area contributed by atoms with Crippen LogP contribution in [0.2, 0.25) is 5.02 Å². The number of hydrogen-bond acceptors (Lipinski definition) is 3. The summed E-state index contributed by atoms with van der Waals surface area (Å²) >= 11 is 6.20. The molecule has 0 saturated carbocycles. The second kappa shape index (κ2) is 5.50. The van der Waals surface area contributed by atoms with Gasteiger partial charge in [-0.3, -0.25) is 0 Å². The van der Waals surface area contributed by atoms with E-state index in [0.29, 0.717) is 6.04 Å². The van der Waals surface area contributed by atoms with E-state index < -0.39 is 0 Å². The van der Waals surface area contributed by atoms with E-state index in [2.05, 4.69) is 35.5 Å². The topological polar surface area (TPSA) is 42.7 Å². The van der Waals surface area contributed by atoms with E-state index in [-0.39, 0.29) is 0 Å². The van der Waals surface area contributed by atoms with Gasteiger partial charge in [0, 0.05) is 30.2 Å². The lowest BCUT2D eigenvalue weighted by Gasteiger charge is -2.11. The molecule has 0 unspecified atom stereocenters. The van der Waals surface area contributed by atoms with E-state index in [9.17, 15) is 0 Å². The summed E-state index contributed by atoms with van der Waals surface area (Å²) in [4.78, 5) is 0. The van der Waals surface area contributed by atoms with Crippen LogP contribution in [-0.4, -0.2) is 21.0 Å². The summed E-state index contributed by atoms with van der Waals surface area (Å²) in [5.41, 5.74) is 3.15. The number of aryl methyl sites for hydroxylation is 1. The van der Waals surface area contributed by atoms with Crippen LogP contribution in [0.1, 0.15) is 19.4 Å². The fraction of sp³-hybridized carbons (Fsp3) is 0.385. The van der Waals surface area contributed by atoms with Crippen LogP contribution in [0.5, 0.6) is 0 Å². The second-order valence-electron chi connectivity index (χ2n) is 4.58. The normalized spacial score (nSPS) is 11.2. The smallest absolute Gasteiger partial charge is 0.0882 e. The average molecular weight is 265 g/mol. The third-order valence-electron chi connectivity index (χ3n) is 2.76. The van der Waals surface area contributed by atoms with Gasteiger partial charge in [0.1, 0.15) is 0 Å². The number of hydrogen-bond donors (Lipinski definition) is 1. The minimum Gasteiger partial charge on any atom is -0.310 e. The molecule has 5 heteroatoms. The minimum atomic E-state index is 0.433. The zero-order valence-corrected chi connectivity index (χ0v) is 11.6. The molecule has 18 heavy (non-hydrogen) atoms. The van der Waals surface area contributed by atoms with Gasteiger partial charge in [0.15, 0.2) is 0 Å². The maximum Gasteiger partial charge on any atom is 0.0882 e. The Hall–Kier alpha value is -1.39. The van der Waals surface area contributed by atoms with Crippen LogP contribution in [0.3, 0.4) is 0 Å². The van der Waals surface area contributed by atoms with Crippen molar-refractivity contribution in [2.75, 3.05) is 0 Å². The first-order chi connectivity index (χ1) is 8.58. The molecule has 4 nitrogen and oxygen atoms in total. The third kappa shape index (κ3) is 2.89. The van der Waals surface area contributed by atoms with Crippen molar-refractivity contribution in [2.45, 2.75) is 26.4 Å². The van der Waals surface area contributed by atoms with Gasteiger partial charge in [0.05, 0.1) is 11.9 Å². The van der Waals surface area contributed by atoms with Gasteiger partial charge < -0.3 is 5.32 Å². The van der Waals surface area contributed by atoms with Crippen molar-refractivity contribution >= 4 is 11.6 Å². The molecule has 0 aliphatic carbocycles. The molecule has 0 radical (unpaired) electrons. The van der Waals surface area contributed by atoms with E-state index >= 15 is 0 Å². The number of nitrogens with one attached hydrogen (secondary N) is 1. The Morgan fingerprint density at radius 1 is 1.39 bits per heavy atom. The number of aromatic nitrogens is 3. The fourth-order valence-corrected chi connectivity index (χ4v) is 1.92. The summed E-state index contributed by atoms with van der Waals surface area (Å²) < 4.78 is 1.75. The first-order valence-electron chi connectivity index (χ1n) is 5.95. The first-order valence-corrected chi connectivity index (χ1v) is 6.32. The van der Waals surface area contributed by atoms with Crippen molar-refractivity contribution in [3.05, 3.63) is 35.0 Å². The van der Waals surface area contributed by atoms with E-state index in [1.165, 1.54) is 0 Å². The van der Waals surface area contributed by atoms with Crippen molar-refractivity contribution in [3.63, 3.8) is 0 Å². The molecular weight excluding hydrogens is 248 g/mol. The van der Waals surface area contributed by atoms with Crippen LogP contribution in [0.25, 0.3) is 11.3 Å². The Morgan fingerprint density at radius 3 is 2.78 bits per heavy atom. The van der Waals surface area contributed by atoms with Crippen molar-refractivity contribution in [3.8, 4) is 11.3 Å². The van der Waals surface area contributed by atoms with Crippen molar-refractivity contribution in [2.24, 2.45) is 7.05 Å². The molecular formula is C13H17ClN4. The van der Waals surface area contributed by atoms with Gasteiger partial charge in [0.25, 0.3) is 0 Å². The maximum atomic E-state index is 6.20. The molecule has 0 fully saturated rings.